The van der Waals surface area contributed by atoms with Crippen LogP contribution in [0.5, 0.6) is 11.5 Å². The number of hydrogen-bond acceptors (Lipinski definition) is 7. The number of benzene rings is 1. The fourth-order valence-corrected chi connectivity index (χ4v) is 3.53. The lowest BCUT2D eigenvalue weighted by Crippen LogP contribution is -2.18. The number of allylic oxidation sites excluding steroid dienone is 2. The summed E-state index contributed by atoms with van der Waals surface area (Å²) in [4.78, 5) is 24.5. The lowest BCUT2D eigenvalue weighted by molar-refractivity contribution is 0.199. The molecule has 0 aliphatic rings. The summed E-state index contributed by atoms with van der Waals surface area (Å²) in [6, 6.07) is 8.77. The van der Waals surface area contributed by atoms with Crippen LogP contribution in [-0.2, 0) is 11.3 Å². The molecule has 0 atom stereocenters. The largest absolute Gasteiger partial charge is 0.512 e. The standard InChI is InChI=1S/C29H33FN6O4/c1-18(24-7-5-21(17-34-24)16-32-11-12-39-4)13-25-20(3)26(9-10-33-25)40-27-8-6-22(15-23(27)30)35-29(38)36-28(31)14-19(2)37/h5-10,13-15,17,32,37H,11-12,16H2,1-4H3,(H3,31,35,36,38)/b18-13+,19-14-. The molecule has 0 spiro atoms. The Morgan fingerprint density at radius 3 is 2.65 bits per heavy atom. The van der Waals surface area contributed by atoms with Gasteiger partial charge in [-0.05, 0) is 62.2 Å². The van der Waals surface area contributed by atoms with Gasteiger partial charge in [0.05, 0.1) is 23.8 Å². The summed E-state index contributed by atoms with van der Waals surface area (Å²) >= 11 is 0. The smallest absolute Gasteiger partial charge is 0.347 e. The lowest BCUT2D eigenvalue weighted by atomic mass is 10.1. The first-order chi connectivity index (χ1) is 19.2. The quantitative estimate of drug-likeness (QED) is 0.108. The van der Waals surface area contributed by atoms with Gasteiger partial charge in [-0.15, -0.1) is 0 Å². The zero-order chi connectivity index (χ0) is 29.1. The van der Waals surface area contributed by atoms with Crippen LogP contribution < -0.4 is 21.1 Å². The van der Waals surface area contributed by atoms with Crippen molar-refractivity contribution in [3.8, 4) is 11.5 Å². The first-order valence-corrected chi connectivity index (χ1v) is 12.4. The fraction of sp³-hybridized carbons (Fsp3) is 0.241. The van der Waals surface area contributed by atoms with Crippen LogP contribution >= 0.6 is 0 Å². The van der Waals surface area contributed by atoms with Crippen molar-refractivity contribution in [2.75, 3.05) is 25.6 Å². The number of halogens is 1. The minimum Gasteiger partial charge on any atom is -0.512 e. The maximum Gasteiger partial charge on any atom is 0.347 e. The Balaban J connectivity index is 1.70. The average Bonchev–Trinajstić information content (AvgIpc) is 2.90. The van der Waals surface area contributed by atoms with Crippen LogP contribution in [0.3, 0.4) is 0 Å². The van der Waals surface area contributed by atoms with Crippen LogP contribution in [0.25, 0.3) is 11.6 Å². The van der Waals surface area contributed by atoms with E-state index < -0.39 is 11.8 Å². The second-order valence-electron chi connectivity index (χ2n) is 8.87. The Hall–Kier alpha value is -4.61. The van der Waals surface area contributed by atoms with Crippen molar-refractivity contribution in [3.05, 3.63) is 89.0 Å². The first kappa shape index (κ1) is 29.9. The highest BCUT2D eigenvalue weighted by molar-refractivity contribution is 6.03. The number of methoxy groups -OCH3 is 1. The molecule has 0 aliphatic heterocycles. The number of carbonyl (C=O) groups is 1. The van der Waals surface area contributed by atoms with Crippen LogP contribution in [0.1, 0.15) is 36.4 Å². The Morgan fingerprint density at radius 2 is 1.98 bits per heavy atom. The average molecular weight is 549 g/mol. The number of amides is 2. The Morgan fingerprint density at radius 1 is 1.18 bits per heavy atom. The summed E-state index contributed by atoms with van der Waals surface area (Å²) in [6.07, 6.45) is 6.43. The molecule has 10 nitrogen and oxygen atoms in total. The predicted molar refractivity (Wildman–Crippen MR) is 154 cm³/mol. The molecule has 3 aromatic rings. The van der Waals surface area contributed by atoms with Crippen molar-refractivity contribution in [1.29, 1.82) is 0 Å². The molecule has 0 saturated carbocycles. The van der Waals surface area contributed by atoms with Crippen molar-refractivity contribution in [3.63, 3.8) is 0 Å². The third-order valence-electron chi connectivity index (χ3n) is 5.58. The third-order valence-corrected chi connectivity index (χ3v) is 5.58. The molecule has 0 radical (unpaired) electrons. The monoisotopic (exact) mass is 548 g/mol. The summed E-state index contributed by atoms with van der Waals surface area (Å²) < 4.78 is 25.7. The molecule has 1 aromatic carbocycles. The number of amidine groups is 1. The highest BCUT2D eigenvalue weighted by Crippen LogP contribution is 2.31. The third kappa shape index (κ3) is 9.00. The first-order valence-electron chi connectivity index (χ1n) is 12.4. The zero-order valence-corrected chi connectivity index (χ0v) is 22.9. The number of nitrogens with two attached hydrogens (primary N) is 1. The number of aliphatic hydroxyl groups is 1. The minimum atomic E-state index is -0.817. The van der Waals surface area contributed by atoms with Gasteiger partial charge >= 0.3 is 6.03 Å². The molecule has 3 rings (SSSR count). The van der Waals surface area contributed by atoms with Crippen LogP contribution in [0.15, 0.2) is 65.6 Å². The molecule has 2 aromatic heterocycles. The lowest BCUT2D eigenvalue weighted by Gasteiger charge is -2.12. The number of nitrogens with one attached hydrogen (secondary N) is 2. The molecule has 0 bridgehead atoms. The molecule has 0 saturated heterocycles. The van der Waals surface area contributed by atoms with Crippen molar-refractivity contribution >= 4 is 29.2 Å². The number of ether oxygens (including phenoxy) is 2. The summed E-state index contributed by atoms with van der Waals surface area (Å²) in [5.74, 6) is -0.581. The van der Waals surface area contributed by atoms with Crippen LogP contribution in [0.2, 0.25) is 0 Å². The van der Waals surface area contributed by atoms with E-state index >= 15 is 0 Å². The number of hydrogen-bond donors (Lipinski definition) is 4. The van der Waals surface area contributed by atoms with E-state index in [0.29, 0.717) is 24.6 Å². The predicted octanol–water partition coefficient (Wildman–Crippen LogP) is 5.36. The van der Waals surface area contributed by atoms with Crippen LogP contribution in [0.4, 0.5) is 14.9 Å². The second-order valence-corrected chi connectivity index (χ2v) is 8.87. The van der Waals surface area contributed by atoms with Gasteiger partial charge in [-0.3, -0.25) is 9.97 Å². The summed E-state index contributed by atoms with van der Waals surface area (Å²) in [6.45, 7) is 7.28. The van der Waals surface area contributed by atoms with Gasteiger partial charge in [-0.2, -0.15) is 4.99 Å². The Kier molecular flexibility index (Phi) is 10.9. The summed E-state index contributed by atoms with van der Waals surface area (Å²) in [7, 11) is 1.67. The Labute approximate surface area is 232 Å². The molecule has 2 amide bonds. The molecule has 5 N–H and O–H groups in total. The van der Waals surface area contributed by atoms with Crippen molar-refractivity contribution < 1.29 is 23.8 Å². The van der Waals surface area contributed by atoms with Crippen molar-refractivity contribution in [2.24, 2.45) is 10.7 Å². The van der Waals surface area contributed by atoms with Gasteiger partial charge in [0.25, 0.3) is 0 Å². The molecular formula is C29H33FN6O4. The van der Waals surface area contributed by atoms with Gasteiger partial charge in [0.1, 0.15) is 11.6 Å². The van der Waals surface area contributed by atoms with E-state index in [-0.39, 0.29) is 23.0 Å². The Bertz CT molecular complexity index is 1420. The molecule has 0 aliphatic carbocycles. The van der Waals surface area contributed by atoms with E-state index in [9.17, 15) is 14.3 Å². The van der Waals surface area contributed by atoms with Crippen molar-refractivity contribution in [2.45, 2.75) is 27.3 Å². The number of aliphatic imine (C=N–C) groups is 1. The zero-order valence-electron chi connectivity index (χ0n) is 22.9. The molecule has 0 unspecified atom stereocenters. The molecule has 210 valence electrons. The highest BCUT2D eigenvalue weighted by atomic mass is 19.1. The minimum absolute atomic E-state index is 0.0304. The molecule has 11 heteroatoms. The number of aliphatic hydroxyl groups excluding tert-OH is 1. The van der Waals surface area contributed by atoms with E-state index in [2.05, 4.69) is 25.6 Å². The second kappa shape index (κ2) is 14.5. The normalized spacial score (nSPS) is 12.4. The van der Waals surface area contributed by atoms with Crippen molar-refractivity contribution in [1.82, 2.24) is 15.3 Å². The van der Waals surface area contributed by atoms with E-state index in [1.54, 1.807) is 19.4 Å². The molecule has 0 fully saturated rings. The van der Waals surface area contributed by atoms with Gasteiger partial charge in [-0.25, -0.2) is 9.18 Å². The van der Waals surface area contributed by atoms with E-state index in [1.807, 2.05) is 38.3 Å². The molecule has 40 heavy (non-hydrogen) atoms. The van der Waals surface area contributed by atoms with Gasteiger partial charge < -0.3 is 30.9 Å². The number of anilines is 1. The number of nitrogens with zero attached hydrogens (tertiary/aromatic N) is 3. The summed E-state index contributed by atoms with van der Waals surface area (Å²) in [5.41, 5.74) is 9.85. The number of rotatable bonds is 11. The molecular weight excluding hydrogens is 515 g/mol. The topological polar surface area (TPSA) is 144 Å². The molecule has 2 heterocycles. The van der Waals surface area contributed by atoms with Crippen LogP contribution in [0, 0.1) is 12.7 Å². The fourth-order valence-electron chi connectivity index (χ4n) is 3.53. The van der Waals surface area contributed by atoms with E-state index in [0.717, 1.165) is 41.1 Å². The SMILES string of the molecule is COCCNCc1ccc(/C(C)=C/c2nccc(Oc3ccc(NC(=O)/N=C(N)\C=C(\C)O)cc3F)c2C)nc1. The van der Waals surface area contributed by atoms with Gasteiger partial charge in [0.15, 0.2) is 11.6 Å². The van der Waals surface area contributed by atoms with E-state index in [4.69, 9.17) is 15.2 Å². The number of aromatic nitrogens is 2. The van der Waals surface area contributed by atoms with Crippen LogP contribution in [-0.4, -0.2) is 47.2 Å². The van der Waals surface area contributed by atoms with E-state index in [1.165, 1.54) is 19.1 Å². The summed E-state index contributed by atoms with van der Waals surface area (Å²) in [5, 5.41) is 14.9. The number of carbonyl (C=O) groups excluding carboxylic acids is 1. The van der Waals surface area contributed by atoms with Gasteiger partial charge in [-0.1, -0.05) is 6.07 Å². The highest BCUT2D eigenvalue weighted by Gasteiger charge is 2.12. The van der Waals surface area contributed by atoms with Gasteiger partial charge in [0, 0.05) is 56.0 Å². The van der Waals surface area contributed by atoms with Gasteiger partial charge in [0.2, 0.25) is 0 Å². The number of pyridine rings is 2. The maximum atomic E-state index is 14.8. The maximum absolute atomic E-state index is 14.8. The number of urea groups is 1.